The minimum atomic E-state index is -0.395. The van der Waals surface area contributed by atoms with Gasteiger partial charge in [-0.3, -0.25) is 4.79 Å². The van der Waals surface area contributed by atoms with Crippen LogP contribution in [0, 0.1) is 0 Å². The van der Waals surface area contributed by atoms with E-state index in [2.05, 4.69) is 15.6 Å². The van der Waals surface area contributed by atoms with Gasteiger partial charge in [0.2, 0.25) is 0 Å². The molecule has 3 amide bonds. The number of amides is 3. The molecule has 32 heavy (non-hydrogen) atoms. The molecule has 0 radical (unpaired) electrons. The van der Waals surface area contributed by atoms with Crippen molar-refractivity contribution in [3.8, 4) is 11.5 Å². The topological polar surface area (TPSA) is 107 Å². The molecule has 0 bridgehead atoms. The molecule has 0 spiro atoms. The van der Waals surface area contributed by atoms with E-state index in [1.165, 1.54) is 0 Å². The molecular formula is C24H20N4O4. The van der Waals surface area contributed by atoms with Crippen LogP contribution in [-0.4, -0.2) is 28.6 Å². The predicted octanol–water partition coefficient (Wildman–Crippen LogP) is 4.44. The first kappa shape index (κ1) is 19.5. The van der Waals surface area contributed by atoms with Gasteiger partial charge in [-0.2, -0.15) is 0 Å². The van der Waals surface area contributed by atoms with Gasteiger partial charge in [-0.05, 0) is 41.8 Å². The molecule has 5 rings (SSSR count). The summed E-state index contributed by atoms with van der Waals surface area (Å²) >= 11 is 0. The number of aromatic amines is 1. The van der Waals surface area contributed by atoms with Crippen LogP contribution in [0.4, 0.5) is 21.9 Å². The number of aromatic nitrogens is 1. The highest BCUT2D eigenvalue weighted by atomic mass is 16.5. The van der Waals surface area contributed by atoms with Crippen LogP contribution in [0.2, 0.25) is 0 Å². The Morgan fingerprint density at radius 2 is 1.81 bits per heavy atom. The van der Waals surface area contributed by atoms with Crippen LogP contribution in [0.15, 0.2) is 72.9 Å². The largest absolute Gasteiger partial charge is 0.508 e. The van der Waals surface area contributed by atoms with Crippen LogP contribution < -0.4 is 20.3 Å². The number of phenols is 1. The molecule has 1 aliphatic heterocycles. The lowest BCUT2D eigenvalue weighted by atomic mass is 10.1. The number of phenolic OH excluding ortho intramolecular Hbond substituents is 1. The van der Waals surface area contributed by atoms with Crippen molar-refractivity contribution in [3.05, 3.63) is 78.5 Å². The Hall–Kier alpha value is -4.46. The number of rotatable bonds is 4. The van der Waals surface area contributed by atoms with Crippen LogP contribution in [0.5, 0.6) is 11.5 Å². The molecule has 1 aliphatic rings. The van der Waals surface area contributed by atoms with Crippen molar-refractivity contribution < 1.29 is 19.4 Å². The summed E-state index contributed by atoms with van der Waals surface area (Å²) in [4.78, 5) is 29.6. The Kier molecular flexibility index (Phi) is 4.87. The Bertz CT molecular complexity index is 1330. The summed E-state index contributed by atoms with van der Waals surface area (Å²) in [6.07, 6.45) is 1.84. The Morgan fingerprint density at radius 1 is 1.03 bits per heavy atom. The lowest BCUT2D eigenvalue weighted by Crippen LogP contribution is -2.38. The van der Waals surface area contributed by atoms with Crippen LogP contribution in [-0.2, 0) is 11.3 Å². The molecule has 0 saturated carbocycles. The van der Waals surface area contributed by atoms with Crippen LogP contribution in [0.1, 0.15) is 5.56 Å². The summed E-state index contributed by atoms with van der Waals surface area (Å²) < 4.78 is 5.58. The zero-order chi connectivity index (χ0) is 22.1. The second kappa shape index (κ2) is 7.99. The predicted molar refractivity (Wildman–Crippen MR) is 122 cm³/mol. The third kappa shape index (κ3) is 3.81. The number of fused-ring (bicyclic) bond motifs is 2. The second-order valence-corrected chi connectivity index (χ2v) is 7.44. The number of carbonyl (C=O) groups excluding carboxylic acids is 2. The maximum absolute atomic E-state index is 12.5. The molecule has 4 aromatic rings. The van der Waals surface area contributed by atoms with Crippen molar-refractivity contribution in [1.29, 1.82) is 0 Å². The highest BCUT2D eigenvalue weighted by Crippen LogP contribution is 2.36. The lowest BCUT2D eigenvalue weighted by Gasteiger charge is -2.30. The molecule has 0 aliphatic carbocycles. The highest BCUT2D eigenvalue weighted by molar-refractivity contribution is 6.02. The summed E-state index contributed by atoms with van der Waals surface area (Å²) in [6, 6.07) is 19.1. The third-order valence-corrected chi connectivity index (χ3v) is 5.29. The number of nitrogens with zero attached hydrogens (tertiary/aromatic N) is 1. The molecule has 8 heteroatoms. The molecule has 0 saturated heterocycles. The van der Waals surface area contributed by atoms with Crippen molar-refractivity contribution in [2.75, 3.05) is 22.1 Å². The fourth-order valence-electron chi connectivity index (χ4n) is 3.69. The van der Waals surface area contributed by atoms with Gasteiger partial charge in [-0.1, -0.05) is 24.3 Å². The SMILES string of the molecule is O=C(Nc1ccc2c(c1)OCC(=O)N2Cc1ccccc1O)Nc1ccc2cc[nH]c2c1. The van der Waals surface area contributed by atoms with Gasteiger partial charge in [0.1, 0.15) is 11.5 Å². The monoisotopic (exact) mass is 428 g/mol. The molecule has 4 N–H and O–H groups in total. The minimum absolute atomic E-state index is 0.119. The standard InChI is InChI=1S/C24H20N4O4/c29-21-4-2-1-3-16(21)13-28-20-8-7-18(12-22(20)32-14-23(28)30)27-24(31)26-17-6-5-15-9-10-25-19(15)11-17/h1-12,25,29H,13-14H2,(H2,26,27,31). The van der Waals surface area contributed by atoms with E-state index < -0.39 is 6.03 Å². The molecule has 8 nitrogen and oxygen atoms in total. The van der Waals surface area contributed by atoms with Crippen LogP contribution in [0.3, 0.4) is 0 Å². The van der Waals surface area contributed by atoms with E-state index in [9.17, 15) is 14.7 Å². The summed E-state index contributed by atoms with van der Waals surface area (Å²) in [5.74, 6) is 0.394. The van der Waals surface area contributed by atoms with Gasteiger partial charge < -0.3 is 30.4 Å². The van der Waals surface area contributed by atoms with Crippen molar-refractivity contribution in [3.63, 3.8) is 0 Å². The second-order valence-electron chi connectivity index (χ2n) is 7.44. The van der Waals surface area contributed by atoms with Crippen molar-refractivity contribution in [2.24, 2.45) is 0 Å². The van der Waals surface area contributed by atoms with E-state index in [1.54, 1.807) is 47.4 Å². The Morgan fingerprint density at radius 3 is 2.66 bits per heavy atom. The van der Waals surface area contributed by atoms with Gasteiger partial charge in [0.15, 0.2) is 6.61 Å². The molecular weight excluding hydrogens is 408 g/mol. The maximum Gasteiger partial charge on any atom is 0.323 e. The first-order valence-corrected chi connectivity index (χ1v) is 10.1. The van der Waals surface area contributed by atoms with Crippen LogP contribution >= 0.6 is 0 Å². The fraction of sp³-hybridized carbons (Fsp3) is 0.0833. The van der Waals surface area contributed by atoms with Crippen molar-refractivity contribution in [2.45, 2.75) is 6.54 Å². The van der Waals surface area contributed by atoms with Crippen LogP contribution in [0.25, 0.3) is 10.9 Å². The average Bonchev–Trinajstić information content (AvgIpc) is 3.25. The Labute approximate surface area is 183 Å². The molecule has 0 atom stereocenters. The lowest BCUT2D eigenvalue weighted by molar-refractivity contribution is -0.121. The molecule has 3 aromatic carbocycles. The molecule has 160 valence electrons. The number of aromatic hydroxyl groups is 1. The summed E-state index contributed by atoms with van der Waals surface area (Å²) in [7, 11) is 0. The van der Waals surface area contributed by atoms with E-state index in [1.807, 2.05) is 30.5 Å². The van der Waals surface area contributed by atoms with Gasteiger partial charge in [-0.15, -0.1) is 0 Å². The quantitative estimate of drug-likeness (QED) is 0.385. The first-order chi connectivity index (χ1) is 15.6. The third-order valence-electron chi connectivity index (χ3n) is 5.29. The van der Waals surface area contributed by atoms with Crippen molar-refractivity contribution in [1.82, 2.24) is 4.98 Å². The summed E-state index contributed by atoms with van der Waals surface area (Å²) in [6.45, 7) is 0.1000. The van der Waals surface area contributed by atoms with Gasteiger partial charge in [0, 0.05) is 34.7 Å². The number of anilines is 3. The fourth-order valence-corrected chi connectivity index (χ4v) is 3.69. The van der Waals surface area contributed by atoms with E-state index in [4.69, 9.17) is 4.74 Å². The van der Waals surface area contributed by atoms with E-state index in [0.29, 0.717) is 28.4 Å². The van der Waals surface area contributed by atoms with E-state index >= 15 is 0 Å². The highest BCUT2D eigenvalue weighted by Gasteiger charge is 2.26. The van der Waals surface area contributed by atoms with Gasteiger partial charge in [0.05, 0.1) is 12.2 Å². The smallest absolute Gasteiger partial charge is 0.323 e. The number of H-pyrrole nitrogens is 1. The zero-order valence-corrected chi connectivity index (χ0v) is 17.0. The molecule has 1 aromatic heterocycles. The number of urea groups is 1. The van der Waals surface area contributed by atoms with Gasteiger partial charge in [0.25, 0.3) is 5.91 Å². The average molecular weight is 428 g/mol. The molecule has 0 fully saturated rings. The molecule has 0 unspecified atom stereocenters. The number of ether oxygens (including phenoxy) is 1. The maximum atomic E-state index is 12.5. The number of nitrogens with one attached hydrogen (secondary N) is 3. The van der Waals surface area contributed by atoms with Gasteiger partial charge >= 0.3 is 6.03 Å². The van der Waals surface area contributed by atoms with E-state index in [-0.39, 0.29) is 24.8 Å². The number of hydrogen-bond donors (Lipinski definition) is 4. The number of benzene rings is 3. The van der Waals surface area contributed by atoms with Gasteiger partial charge in [-0.25, -0.2) is 4.79 Å². The number of carbonyl (C=O) groups is 2. The number of hydrogen-bond acceptors (Lipinski definition) is 4. The zero-order valence-electron chi connectivity index (χ0n) is 17.0. The Balaban J connectivity index is 1.32. The summed E-state index contributed by atoms with van der Waals surface area (Å²) in [5.41, 5.74) is 3.33. The van der Waals surface area contributed by atoms with E-state index in [0.717, 1.165) is 10.9 Å². The molecule has 2 heterocycles. The number of para-hydroxylation sites is 1. The van der Waals surface area contributed by atoms with Crippen molar-refractivity contribution >= 4 is 39.9 Å². The first-order valence-electron chi connectivity index (χ1n) is 10.1. The summed E-state index contributed by atoms with van der Waals surface area (Å²) in [5, 5.41) is 16.7. The normalized spacial score (nSPS) is 12.9. The minimum Gasteiger partial charge on any atom is -0.508 e.